The number of aliphatic hydroxyl groups is 4. The summed E-state index contributed by atoms with van der Waals surface area (Å²) >= 11 is 0. The number of esters is 1. The molecule has 0 aromatic rings. The minimum Gasteiger partial charge on any atom is -0.481 e. The van der Waals surface area contributed by atoms with Crippen LogP contribution in [-0.4, -0.2) is 273 Å². The molecular formula is C73H127N15O24. The van der Waals surface area contributed by atoms with E-state index in [1.165, 1.54) is 34.6 Å². The quantitative estimate of drug-likeness (QED) is 0.0258. The number of rotatable bonds is 39. The number of carbonyl (C=O) groups is 16. The first kappa shape index (κ1) is 99.3. The number of cyclic esters (lactones) is 1. The van der Waals surface area contributed by atoms with Crippen molar-refractivity contribution in [1.29, 1.82) is 0 Å². The standard InChI is InChI=1S/C73H127N15O24/c1-15-36(6)31-37(7)57(95)41(11)62(99)79-44(20-18-27-74)63(100)78-43(23-26-52(91)92)58(96)59(97)70(107)84-54(39(9)40(10)61(77)98)67(104)86-56-60(38(8)35(4)5)112-73(110)50-22-16-17-29-88(50)72(109)47(32-53(93)94)82-68(105)55(42(12)111-14)85-66(103)49(24-25-51(76)90)87(13)71(108)46(30-34(2)3)81-64(101)45(21-19-28-75)80-65(102)48(33-89)83-69(56)106/h34-50,54-60,89,95-97H,15-33,74-75H2,1-14H3,(H2,76,90)(H2,77,98)(H,78,100)(H,79,99)(H,80,102)(H,81,101)(H,82,105)(H,83,106)(H,84,107)(H,85,103)(H,86,104)(H,91,92)(H,93,94)/t36-,37-,38-,39+,40-,41-,42-,43+,44-,45-,46+,47-,48-,49+,50?,54?,55?,56?,57-,58-,59-,60?/m1/s1. The summed E-state index contributed by atoms with van der Waals surface area (Å²) in [6.45, 7) is 17.3. The lowest BCUT2D eigenvalue weighted by molar-refractivity contribution is -0.168. The lowest BCUT2D eigenvalue weighted by Crippen LogP contribution is -2.65. The van der Waals surface area contributed by atoms with Crippen molar-refractivity contribution in [3.8, 4) is 0 Å². The first-order chi connectivity index (χ1) is 52.3. The lowest BCUT2D eigenvalue weighted by Gasteiger charge is -2.39. The van der Waals surface area contributed by atoms with Gasteiger partial charge in [0.1, 0.15) is 72.6 Å². The monoisotopic (exact) mass is 1600 g/mol. The number of hydrogen-bond donors (Lipinski definition) is 19. The normalized spacial score (nSPS) is 24.5. The molecule has 5 unspecified atom stereocenters. The van der Waals surface area contributed by atoms with Crippen molar-refractivity contribution in [2.24, 2.45) is 70.3 Å². The van der Waals surface area contributed by atoms with Crippen LogP contribution in [0.25, 0.3) is 0 Å². The van der Waals surface area contributed by atoms with Crippen molar-refractivity contribution in [2.75, 3.05) is 40.4 Å². The van der Waals surface area contributed by atoms with Gasteiger partial charge >= 0.3 is 17.9 Å². The van der Waals surface area contributed by atoms with Crippen molar-refractivity contribution < 1.29 is 117 Å². The molecule has 112 heavy (non-hydrogen) atoms. The van der Waals surface area contributed by atoms with Gasteiger partial charge in [0.05, 0.1) is 37.2 Å². The molecule has 638 valence electrons. The van der Waals surface area contributed by atoms with E-state index in [2.05, 4.69) is 47.9 Å². The summed E-state index contributed by atoms with van der Waals surface area (Å²) in [6, 6.07) is -20.3. The van der Waals surface area contributed by atoms with Gasteiger partial charge in [0.2, 0.25) is 70.9 Å². The highest BCUT2D eigenvalue weighted by Gasteiger charge is 2.48. The Bertz CT molecular complexity index is 3200. The van der Waals surface area contributed by atoms with Gasteiger partial charge in [-0.3, -0.25) is 71.9 Å². The van der Waals surface area contributed by atoms with E-state index in [0.29, 0.717) is 6.42 Å². The van der Waals surface area contributed by atoms with Gasteiger partial charge in [-0.25, -0.2) is 4.79 Å². The second kappa shape index (κ2) is 48.3. The van der Waals surface area contributed by atoms with Gasteiger partial charge in [0, 0.05) is 39.5 Å². The molecule has 0 bridgehead atoms. The Morgan fingerprint density at radius 3 is 1.79 bits per heavy atom. The highest BCUT2D eigenvalue weighted by atomic mass is 16.5. The molecule has 2 heterocycles. The number of nitrogens with one attached hydrogen (secondary N) is 9. The molecule has 2 fully saturated rings. The van der Waals surface area contributed by atoms with Crippen molar-refractivity contribution in [2.45, 2.75) is 276 Å². The summed E-state index contributed by atoms with van der Waals surface area (Å²) in [5.41, 5.74) is 23.0. The number of carboxylic acid groups (broad SMARTS) is 2. The molecule has 22 atom stereocenters. The number of carboxylic acids is 2. The third kappa shape index (κ3) is 30.6. The van der Waals surface area contributed by atoms with Crippen LogP contribution < -0.4 is 70.8 Å². The zero-order valence-corrected chi connectivity index (χ0v) is 67.0. The topological polar surface area (TPSA) is 632 Å². The van der Waals surface area contributed by atoms with E-state index in [9.17, 15) is 88.2 Å². The van der Waals surface area contributed by atoms with E-state index in [1.54, 1.807) is 34.6 Å². The number of primary amides is 2. The predicted molar refractivity (Wildman–Crippen MR) is 402 cm³/mol. The number of nitrogens with zero attached hydrogens (tertiary/aromatic N) is 2. The number of ether oxygens (including phenoxy) is 2. The van der Waals surface area contributed by atoms with Gasteiger partial charge in [-0.1, -0.05) is 82.6 Å². The largest absolute Gasteiger partial charge is 0.481 e. The van der Waals surface area contributed by atoms with Crippen LogP contribution in [0.3, 0.4) is 0 Å². The van der Waals surface area contributed by atoms with Gasteiger partial charge in [-0.05, 0) is 126 Å². The third-order valence-electron chi connectivity index (χ3n) is 21.1. The zero-order chi connectivity index (χ0) is 85.5. The average molecular weight is 1600 g/mol. The fourth-order valence-electron chi connectivity index (χ4n) is 13.1. The molecule has 0 aromatic heterocycles. The molecular weight excluding hydrogens is 1470 g/mol. The summed E-state index contributed by atoms with van der Waals surface area (Å²) in [5, 5.41) is 87.8. The molecule has 0 spiro atoms. The van der Waals surface area contributed by atoms with Gasteiger partial charge in [0.15, 0.2) is 6.10 Å². The molecule has 2 aliphatic heterocycles. The van der Waals surface area contributed by atoms with Crippen LogP contribution >= 0.6 is 0 Å². The Labute approximate surface area is 653 Å². The molecule has 39 heteroatoms. The highest BCUT2D eigenvalue weighted by Crippen LogP contribution is 2.28. The van der Waals surface area contributed by atoms with Gasteiger partial charge in [-0.15, -0.1) is 0 Å². The Kier molecular flexibility index (Phi) is 42.9. The van der Waals surface area contributed by atoms with Crippen LogP contribution in [0, 0.1) is 47.3 Å². The van der Waals surface area contributed by atoms with E-state index < -0.39 is 266 Å². The second-order valence-corrected chi connectivity index (χ2v) is 30.5. The summed E-state index contributed by atoms with van der Waals surface area (Å²) in [6.07, 6.45) is -12.2. The van der Waals surface area contributed by atoms with Crippen LogP contribution in [0.4, 0.5) is 0 Å². The third-order valence-corrected chi connectivity index (χ3v) is 21.1. The molecule has 2 aliphatic rings. The molecule has 0 aromatic carbocycles. The Morgan fingerprint density at radius 2 is 1.24 bits per heavy atom. The number of fused-ring (bicyclic) bond motifs is 1. The summed E-state index contributed by atoms with van der Waals surface area (Å²) in [5.74, 6) is -25.9. The number of piperidine rings is 1. The SMILES string of the molecule is CC[C@@H](C)C[C@@H](C)[C@@H](O)[C@@H](C)C(=O)N[C@H](CCCN)C(=O)N[C@@H](CCC(=O)O)[C@@H](O)[C@@H](O)C(=O)NC(C(=O)NC1C(=O)N[C@H](CO)C(=O)N[C@H](CCCN)C(=O)N[C@@H](CC(C)C)C(=O)N(C)[C@@H](CCC(N)=O)C(=O)NC([C@@H](C)OC)C(=O)N[C@H](CC(=O)O)C(=O)N2CCCCC2C(=O)OC1[C@H](C)C(C)C)[C@@H](C)[C@@H](C)C(N)=O. The van der Waals surface area contributed by atoms with Crippen LogP contribution in [0.2, 0.25) is 0 Å². The van der Waals surface area contributed by atoms with Crippen LogP contribution in [0.5, 0.6) is 0 Å². The molecule has 0 saturated carbocycles. The summed E-state index contributed by atoms with van der Waals surface area (Å²) in [7, 11) is 2.31. The first-order valence-corrected chi connectivity index (χ1v) is 38.5. The minimum atomic E-state index is -2.73. The first-order valence-electron chi connectivity index (χ1n) is 38.5. The van der Waals surface area contributed by atoms with Crippen LogP contribution in [0.15, 0.2) is 0 Å². The van der Waals surface area contributed by atoms with Crippen molar-refractivity contribution in [3.05, 3.63) is 0 Å². The van der Waals surface area contributed by atoms with Gasteiger partial charge in [0.25, 0.3) is 5.91 Å². The molecule has 23 N–H and O–H groups in total. The number of methoxy groups -OCH3 is 1. The Balaban J connectivity index is 3.12. The molecule has 0 aliphatic carbocycles. The molecule has 39 nitrogen and oxygen atoms in total. The van der Waals surface area contributed by atoms with E-state index in [4.69, 9.17) is 32.4 Å². The second-order valence-electron chi connectivity index (χ2n) is 30.5. The average Bonchev–Trinajstić information content (AvgIpc) is 0.850. The van der Waals surface area contributed by atoms with Crippen molar-refractivity contribution in [1.82, 2.24) is 57.7 Å². The number of amides is 13. The van der Waals surface area contributed by atoms with Crippen LogP contribution in [-0.2, 0) is 86.2 Å². The van der Waals surface area contributed by atoms with E-state index in [-0.39, 0.29) is 82.8 Å². The van der Waals surface area contributed by atoms with E-state index in [0.717, 1.165) is 30.4 Å². The number of likely N-dealkylation sites (N-methyl/N-ethyl adjacent to an activating group) is 1. The Hall–Kier alpha value is -8.76. The lowest BCUT2D eigenvalue weighted by atomic mass is 9.85. The maximum Gasteiger partial charge on any atom is 0.329 e. The van der Waals surface area contributed by atoms with E-state index in [1.807, 2.05) is 13.8 Å². The van der Waals surface area contributed by atoms with Gasteiger partial charge < -0.3 is 121 Å². The number of nitrogens with two attached hydrogens (primary N) is 4. The number of aliphatic carboxylic acids is 2. The number of hydrogen-bond acceptors (Lipinski definition) is 24. The smallest absolute Gasteiger partial charge is 0.329 e. The fourth-order valence-corrected chi connectivity index (χ4v) is 13.1. The fraction of sp³-hybridized carbons (Fsp3) is 0.781. The molecule has 13 amide bonds. The summed E-state index contributed by atoms with van der Waals surface area (Å²) in [4.78, 5) is 229. The maximum absolute atomic E-state index is 15.5. The van der Waals surface area contributed by atoms with Crippen LogP contribution in [0.1, 0.15) is 179 Å². The maximum atomic E-state index is 15.5. The molecule has 0 radical (unpaired) electrons. The molecule has 2 saturated heterocycles. The Morgan fingerprint density at radius 1 is 0.643 bits per heavy atom. The highest BCUT2D eigenvalue weighted by molar-refractivity contribution is 6.00. The van der Waals surface area contributed by atoms with Crippen molar-refractivity contribution >= 4 is 94.7 Å². The van der Waals surface area contributed by atoms with E-state index >= 15 is 19.2 Å². The van der Waals surface area contributed by atoms with Gasteiger partial charge in [-0.2, -0.15) is 0 Å². The zero-order valence-electron chi connectivity index (χ0n) is 67.0. The summed E-state index contributed by atoms with van der Waals surface area (Å²) < 4.78 is 11.7. The number of aliphatic hydroxyl groups excluding tert-OH is 4. The van der Waals surface area contributed by atoms with Crippen molar-refractivity contribution in [3.63, 3.8) is 0 Å². The molecule has 2 rings (SSSR count). The minimum absolute atomic E-state index is 0.0138. The number of carbonyl (C=O) groups excluding carboxylic acids is 14. The predicted octanol–water partition coefficient (Wildman–Crippen LogP) is -4.52.